The highest BCUT2D eigenvalue weighted by atomic mass is 32.2. The Morgan fingerprint density at radius 1 is 1.07 bits per heavy atom. The van der Waals surface area contributed by atoms with Crippen molar-refractivity contribution in [1.82, 2.24) is 4.31 Å². The minimum atomic E-state index is -3.62. The normalized spacial score (nSPS) is 16.1. The first-order chi connectivity index (χ1) is 13.3. The van der Waals surface area contributed by atoms with Gasteiger partial charge >= 0.3 is 0 Å². The van der Waals surface area contributed by atoms with Crippen LogP contribution in [-0.4, -0.2) is 39.8 Å². The molecule has 0 aromatic heterocycles. The quantitative estimate of drug-likeness (QED) is 0.804. The van der Waals surface area contributed by atoms with Crippen LogP contribution in [0, 0.1) is 0 Å². The number of methoxy groups -OCH3 is 1. The molecule has 1 N–H and O–H groups in total. The minimum absolute atomic E-state index is 0.105. The largest absolute Gasteiger partial charge is 0.495 e. The highest BCUT2D eigenvalue weighted by Gasteiger charge is 2.42. The van der Waals surface area contributed by atoms with E-state index in [4.69, 9.17) is 4.74 Å². The summed E-state index contributed by atoms with van der Waals surface area (Å²) >= 11 is 0. The van der Waals surface area contributed by atoms with Crippen LogP contribution in [0.1, 0.15) is 31.2 Å². The summed E-state index contributed by atoms with van der Waals surface area (Å²) in [6.45, 7) is 0. The SMILES string of the molecule is COc1ccc(S(=O)(=O)N(C)C)cc1NC(=O)C1(c2ccccc2)CCCC1. The van der Waals surface area contributed by atoms with Crippen LogP contribution < -0.4 is 10.1 Å². The van der Waals surface area contributed by atoms with Gasteiger partial charge < -0.3 is 10.1 Å². The molecule has 2 aromatic rings. The predicted molar refractivity (Wildman–Crippen MR) is 109 cm³/mol. The van der Waals surface area contributed by atoms with Crippen LogP contribution in [-0.2, 0) is 20.2 Å². The fourth-order valence-corrected chi connectivity index (χ4v) is 4.71. The number of anilines is 1. The standard InChI is InChI=1S/C21H26N2O4S/c1-23(2)28(25,26)17-11-12-19(27-3)18(15-17)22-20(24)21(13-7-8-14-21)16-9-5-4-6-10-16/h4-6,9-12,15H,7-8,13-14H2,1-3H3,(H,22,24). The number of ether oxygens (including phenoxy) is 1. The number of benzene rings is 2. The van der Waals surface area contributed by atoms with E-state index in [1.807, 2.05) is 30.3 Å². The molecule has 0 heterocycles. The molecule has 1 amide bonds. The number of sulfonamides is 1. The molecule has 3 rings (SSSR count). The fourth-order valence-electron chi connectivity index (χ4n) is 3.78. The third-order valence-corrected chi connectivity index (χ3v) is 7.23. The predicted octanol–water partition coefficient (Wildman–Crippen LogP) is 3.40. The Labute approximate surface area is 166 Å². The van der Waals surface area contributed by atoms with Crippen molar-refractivity contribution in [3.63, 3.8) is 0 Å². The zero-order valence-corrected chi connectivity index (χ0v) is 17.3. The van der Waals surface area contributed by atoms with Crippen LogP contribution in [0.3, 0.4) is 0 Å². The molecule has 0 aliphatic heterocycles. The fraction of sp³-hybridized carbons (Fsp3) is 0.381. The number of rotatable bonds is 6. The summed E-state index contributed by atoms with van der Waals surface area (Å²) in [7, 11) is 0.820. The highest BCUT2D eigenvalue weighted by molar-refractivity contribution is 7.89. The first-order valence-corrected chi connectivity index (χ1v) is 10.7. The minimum Gasteiger partial charge on any atom is -0.495 e. The molecule has 28 heavy (non-hydrogen) atoms. The molecule has 1 aliphatic carbocycles. The number of nitrogens with one attached hydrogen (secondary N) is 1. The van der Waals surface area contributed by atoms with Crippen LogP contribution in [0.4, 0.5) is 5.69 Å². The molecule has 2 aromatic carbocycles. The van der Waals surface area contributed by atoms with Crippen molar-refractivity contribution < 1.29 is 17.9 Å². The van der Waals surface area contributed by atoms with E-state index in [0.717, 1.165) is 35.6 Å². The number of carbonyl (C=O) groups is 1. The van der Waals surface area contributed by atoms with Gasteiger partial charge in [-0.2, -0.15) is 0 Å². The lowest BCUT2D eigenvalue weighted by atomic mass is 9.78. The average molecular weight is 403 g/mol. The van der Waals surface area contributed by atoms with Gasteiger partial charge in [-0.25, -0.2) is 12.7 Å². The van der Waals surface area contributed by atoms with Gasteiger partial charge in [0.15, 0.2) is 0 Å². The van der Waals surface area contributed by atoms with Crippen LogP contribution in [0.2, 0.25) is 0 Å². The zero-order chi connectivity index (χ0) is 20.4. The molecule has 150 valence electrons. The van der Waals surface area contributed by atoms with Crippen molar-refractivity contribution in [3.05, 3.63) is 54.1 Å². The summed E-state index contributed by atoms with van der Waals surface area (Å²) in [6, 6.07) is 14.3. The Morgan fingerprint density at radius 3 is 2.29 bits per heavy atom. The van der Waals surface area contributed by atoms with Gasteiger partial charge in [0.2, 0.25) is 15.9 Å². The summed E-state index contributed by atoms with van der Waals surface area (Å²) in [4.78, 5) is 13.5. The van der Waals surface area contributed by atoms with Crippen molar-refractivity contribution in [3.8, 4) is 5.75 Å². The van der Waals surface area contributed by atoms with Crippen molar-refractivity contribution in [2.75, 3.05) is 26.5 Å². The average Bonchev–Trinajstić information content (AvgIpc) is 3.19. The van der Waals surface area contributed by atoms with Crippen molar-refractivity contribution in [1.29, 1.82) is 0 Å². The van der Waals surface area contributed by atoms with Gasteiger partial charge in [0.1, 0.15) is 5.75 Å². The molecule has 1 saturated carbocycles. The lowest BCUT2D eigenvalue weighted by Gasteiger charge is -2.28. The lowest BCUT2D eigenvalue weighted by Crippen LogP contribution is -2.38. The maximum absolute atomic E-state index is 13.4. The van der Waals surface area contributed by atoms with Gasteiger partial charge in [-0.1, -0.05) is 43.2 Å². The first-order valence-electron chi connectivity index (χ1n) is 9.29. The third-order valence-electron chi connectivity index (χ3n) is 5.42. The summed E-state index contributed by atoms with van der Waals surface area (Å²) in [5.74, 6) is 0.293. The molecule has 0 bridgehead atoms. The molecule has 6 nitrogen and oxygen atoms in total. The Bertz CT molecular complexity index is 950. The van der Waals surface area contributed by atoms with Gasteiger partial charge in [0.25, 0.3) is 0 Å². The molecule has 0 saturated heterocycles. The summed E-state index contributed by atoms with van der Waals surface area (Å²) in [5.41, 5.74) is 0.738. The Hall–Kier alpha value is -2.38. The van der Waals surface area contributed by atoms with E-state index in [-0.39, 0.29) is 10.8 Å². The van der Waals surface area contributed by atoms with Crippen molar-refractivity contribution in [2.45, 2.75) is 36.0 Å². The van der Waals surface area contributed by atoms with Gasteiger partial charge in [0, 0.05) is 14.1 Å². The Morgan fingerprint density at radius 2 is 1.71 bits per heavy atom. The molecule has 0 unspecified atom stereocenters. The first kappa shape index (κ1) is 20.4. The second-order valence-corrected chi connectivity index (χ2v) is 9.41. The van der Waals surface area contributed by atoms with Crippen LogP contribution in [0.5, 0.6) is 5.75 Å². The molecule has 7 heteroatoms. The second kappa shape index (κ2) is 7.93. The summed E-state index contributed by atoms with van der Waals surface area (Å²) in [5, 5.41) is 2.95. The van der Waals surface area contributed by atoms with Crippen LogP contribution in [0.25, 0.3) is 0 Å². The molecular formula is C21H26N2O4S. The lowest BCUT2D eigenvalue weighted by molar-refractivity contribution is -0.121. The van der Waals surface area contributed by atoms with Crippen LogP contribution >= 0.6 is 0 Å². The van der Waals surface area contributed by atoms with Gasteiger partial charge in [-0.05, 0) is 36.6 Å². The maximum Gasteiger partial charge on any atom is 0.242 e. The van der Waals surface area contributed by atoms with E-state index in [2.05, 4.69) is 5.32 Å². The van der Waals surface area contributed by atoms with E-state index in [1.54, 1.807) is 6.07 Å². The molecule has 0 spiro atoms. The van der Waals surface area contributed by atoms with E-state index in [9.17, 15) is 13.2 Å². The number of nitrogens with zero attached hydrogens (tertiary/aromatic N) is 1. The Kier molecular flexibility index (Phi) is 5.76. The Balaban J connectivity index is 1.99. The van der Waals surface area contributed by atoms with E-state index < -0.39 is 15.4 Å². The zero-order valence-electron chi connectivity index (χ0n) is 16.4. The summed E-state index contributed by atoms with van der Waals surface area (Å²) in [6.07, 6.45) is 3.49. The number of carbonyl (C=O) groups excluding carboxylic acids is 1. The number of hydrogen-bond acceptors (Lipinski definition) is 4. The topological polar surface area (TPSA) is 75.7 Å². The monoisotopic (exact) mass is 402 g/mol. The third kappa shape index (κ3) is 3.64. The van der Waals surface area contributed by atoms with E-state index >= 15 is 0 Å². The van der Waals surface area contributed by atoms with Gasteiger partial charge in [-0.3, -0.25) is 4.79 Å². The molecular weight excluding hydrogens is 376 g/mol. The highest BCUT2D eigenvalue weighted by Crippen LogP contribution is 2.42. The smallest absolute Gasteiger partial charge is 0.242 e. The van der Waals surface area contributed by atoms with E-state index in [0.29, 0.717) is 11.4 Å². The molecule has 0 atom stereocenters. The molecule has 0 radical (unpaired) electrons. The van der Waals surface area contributed by atoms with Crippen LogP contribution in [0.15, 0.2) is 53.4 Å². The molecule has 1 fully saturated rings. The van der Waals surface area contributed by atoms with E-state index in [1.165, 1.54) is 33.3 Å². The van der Waals surface area contributed by atoms with Crippen molar-refractivity contribution >= 4 is 21.6 Å². The van der Waals surface area contributed by atoms with Gasteiger partial charge in [-0.15, -0.1) is 0 Å². The second-order valence-electron chi connectivity index (χ2n) is 7.26. The number of hydrogen-bond donors (Lipinski definition) is 1. The molecule has 1 aliphatic rings. The summed E-state index contributed by atoms with van der Waals surface area (Å²) < 4.78 is 31.5. The van der Waals surface area contributed by atoms with Gasteiger partial charge in [0.05, 0.1) is 23.1 Å². The number of amides is 1. The maximum atomic E-state index is 13.4. The van der Waals surface area contributed by atoms with Crippen molar-refractivity contribution in [2.24, 2.45) is 0 Å².